The molecule has 10 rings (SSSR count). The lowest BCUT2D eigenvalue weighted by molar-refractivity contribution is 0.100. The first kappa shape index (κ1) is 47.2. The van der Waals surface area contributed by atoms with E-state index >= 15 is 4.79 Å². The zero-order valence-electron chi connectivity index (χ0n) is 39.0. The second-order valence-electron chi connectivity index (χ2n) is 15.9. The first-order valence-electron chi connectivity index (χ1n) is 23.2. The predicted molar refractivity (Wildman–Crippen MR) is 276 cm³/mol. The third kappa shape index (κ3) is 9.85. The highest BCUT2D eigenvalue weighted by molar-refractivity contribution is 6.16. The Morgan fingerprint density at radius 3 is 0.597 bits per heavy atom. The third-order valence-corrected chi connectivity index (χ3v) is 11.5. The molecular formula is C61H42N6O5. The van der Waals surface area contributed by atoms with Crippen molar-refractivity contribution in [3.05, 3.63) is 276 Å². The van der Waals surface area contributed by atoms with Gasteiger partial charge >= 0.3 is 0 Å². The van der Waals surface area contributed by atoms with Gasteiger partial charge in [-0.1, -0.05) is 232 Å². The van der Waals surface area contributed by atoms with Crippen LogP contribution >= 0.6 is 0 Å². The zero-order chi connectivity index (χ0) is 50.0. The normalized spacial score (nSPS) is 10.6. The molecule has 11 heteroatoms. The number of aromatic nitrogens is 6. The molecule has 0 aliphatic heterocycles. The molecule has 0 radical (unpaired) electrons. The maximum Gasteiger partial charge on any atom is 0.267 e. The van der Waals surface area contributed by atoms with Crippen molar-refractivity contribution in [2.45, 2.75) is 13.8 Å². The molecule has 0 fully saturated rings. The molecule has 2 aromatic heterocycles. The standard InChI is InChI=1S/C59H36N6O5.C2H6/c66-49(45-33-17-13-29-41(45)37-21-5-1-6-22-37)54-60-55(50(67)46-34-18-14-30-42(46)38-23-7-2-8-24-38)63-58(62-54)53(70)59-64-56(51(68)47-35-19-15-31-43(47)39-25-9-3-10-26-39)61-57(65-59)52(69)48-36-20-16-32-44(48)40-27-11-4-12-28-40;1-2/h1-36H;1-2H3. The van der Waals surface area contributed by atoms with E-state index in [9.17, 15) is 19.2 Å². The van der Waals surface area contributed by atoms with Crippen LogP contribution in [0.5, 0.6) is 0 Å². The summed E-state index contributed by atoms with van der Waals surface area (Å²) in [6.45, 7) is 4.00. The summed E-state index contributed by atoms with van der Waals surface area (Å²) < 4.78 is 0. The van der Waals surface area contributed by atoms with Crippen LogP contribution in [0.2, 0.25) is 0 Å². The number of carbonyl (C=O) groups is 5. The van der Waals surface area contributed by atoms with Crippen LogP contribution in [-0.2, 0) is 0 Å². The Morgan fingerprint density at radius 2 is 0.389 bits per heavy atom. The van der Waals surface area contributed by atoms with Crippen molar-refractivity contribution < 1.29 is 24.0 Å². The second-order valence-corrected chi connectivity index (χ2v) is 15.9. The van der Waals surface area contributed by atoms with E-state index < -0.39 is 63.9 Å². The number of benzene rings is 8. The first-order chi connectivity index (χ1) is 35.3. The van der Waals surface area contributed by atoms with E-state index in [4.69, 9.17) is 0 Å². The molecule has 0 amide bonds. The SMILES string of the molecule is CC.O=C(c1nc(C(=O)c2ccccc2-c2ccccc2)nc(C(=O)c2ccccc2-c2ccccc2)n1)c1nc(C(=O)c2ccccc2-c2ccccc2)nc(C(=O)c2ccccc2-c2ccccc2)n1. The first-order valence-corrected chi connectivity index (χ1v) is 23.2. The Hall–Kier alpha value is -9.87. The molecule has 0 spiro atoms. The van der Waals surface area contributed by atoms with Crippen molar-refractivity contribution in [1.29, 1.82) is 0 Å². The molecule has 72 heavy (non-hydrogen) atoms. The van der Waals surface area contributed by atoms with Crippen molar-refractivity contribution in [2.24, 2.45) is 0 Å². The van der Waals surface area contributed by atoms with Crippen LogP contribution in [0.4, 0.5) is 0 Å². The lowest BCUT2D eigenvalue weighted by atomic mass is 9.96. The number of hydrogen-bond donors (Lipinski definition) is 0. The van der Waals surface area contributed by atoms with Crippen LogP contribution in [0.1, 0.15) is 95.0 Å². The van der Waals surface area contributed by atoms with Gasteiger partial charge in [-0.05, 0) is 44.5 Å². The lowest BCUT2D eigenvalue weighted by Gasteiger charge is -2.12. The molecule has 0 unspecified atom stereocenters. The summed E-state index contributed by atoms with van der Waals surface area (Å²) in [5.41, 5.74) is 5.90. The average Bonchev–Trinajstić information content (AvgIpc) is 3.47. The molecule has 0 saturated heterocycles. The maximum atomic E-state index is 15.1. The molecular weight excluding hydrogens is 897 g/mol. The topological polar surface area (TPSA) is 163 Å². The second kappa shape index (κ2) is 21.6. The van der Waals surface area contributed by atoms with E-state index in [-0.39, 0.29) is 22.3 Å². The number of rotatable bonds is 14. The van der Waals surface area contributed by atoms with Gasteiger partial charge in [-0.15, -0.1) is 0 Å². The molecule has 0 atom stereocenters. The fourth-order valence-electron chi connectivity index (χ4n) is 8.15. The largest absolute Gasteiger partial charge is 0.285 e. The summed E-state index contributed by atoms with van der Waals surface area (Å²) in [5.74, 6) is -7.39. The van der Waals surface area contributed by atoms with Crippen LogP contribution in [0.25, 0.3) is 44.5 Å². The molecule has 0 bridgehead atoms. The zero-order valence-corrected chi connectivity index (χ0v) is 39.0. The van der Waals surface area contributed by atoms with Gasteiger partial charge in [-0.25, -0.2) is 29.9 Å². The van der Waals surface area contributed by atoms with Gasteiger partial charge in [-0.3, -0.25) is 24.0 Å². The minimum absolute atomic E-state index is 0.191. The van der Waals surface area contributed by atoms with Crippen LogP contribution in [0.15, 0.2) is 218 Å². The smallest absolute Gasteiger partial charge is 0.267 e. The van der Waals surface area contributed by atoms with Crippen molar-refractivity contribution >= 4 is 28.9 Å². The van der Waals surface area contributed by atoms with Gasteiger partial charge in [-0.2, -0.15) is 0 Å². The molecule has 346 valence electrons. The molecule has 2 heterocycles. The summed E-state index contributed by atoms with van der Waals surface area (Å²) in [6, 6.07) is 64.2. The quantitative estimate of drug-likeness (QED) is 0.0953. The molecule has 0 N–H and O–H groups in total. The fourth-order valence-corrected chi connectivity index (χ4v) is 8.15. The third-order valence-electron chi connectivity index (χ3n) is 11.5. The lowest BCUT2D eigenvalue weighted by Crippen LogP contribution is -2.24. The summed E-state index contributed by atoms with van der Waals surface area (Å²) in [5, 5.41) is 0. The Kier molecular flexibility index (Phi) is 14.2. The van der Waals surface area contributed by atoms with Gasteiger partial charge in [0.2, 0.25) is 58.1 Å². The highest BCUT2D eigenvalue weighted by atomic mass is 16.2. The monoisotopic (exact) mass is 938 g/mol. The minimum atomic E-state index is -1.11. The Morgan fingerprint density at radius 1 is 0.222 bits per heavy atom. The van der Waals surface area contributed by atoms with Gasteiger partial charge < -0.3 is 0 Å². The molecule has 8 aromatic carbocycles. The van der Waals surface area contributed by atoms with Gasteiger partial charge in [0.05, 0.1) is 0 Å². The fraction of sp³-hybridized carbons (Fsp3) is 0.0328. The van der Waals surface area contributed by atoms with Crippen molar-refractivity contribution in [3.63, 3.8) is 0 Å². The number of nitrogens with zero attached hydrogens (tertiary/aromatic N) is 6. The van der Waals surface area contributed by atoms with E-state index in [1.54, 1.807) is 97.1 Å². The molecule has 10 aromatic rings. The highest BCUT2D eigenvalue weighted by Gasteiger charge is 2.30. The van der Waals surface area contributed by atoms with Crippen molar-refractivity contribution in [3.8, 4) is 44.5 Å². The Bertz CT molecular complexity index is 3180. The molecule has 0 aliphatic carbocycles. The molecule has 0 saturated carbocycles. The average molecular weight is 939 g/mol. The summed E-state index contributed by atoms with van der Waals surface area (Å²) >= 11 is 0. The highest BCUT2D eigenvalue weighted by Crippen LogP contribution is 2.30. The van der Waals surface area contributed by atoms with Crippen LogP contribution in [-0.4, -0.2) is 58.8 Å². The van der Waals surface area contributed by atoms with Crippen molar-refractivity contribution in [2.75, 3.05) is 0 Å². The van der Waals surface area contributed by atoms with E-state index in [0.717, 1.165) is 22.3 Å². The number of ketones is 5. The Labute approximate surface area is 415 Å². The van der Waals surface area contributed by atoms with E-state index in [2.05, 4.69) is 29.9 Å². The number of hydrogen-bond acceptors (Lipinski definition) is 11. The van der Waals surface area contributed by atoms with Gasteiger partial charge in [0, 0.05) is 22.3 Å². The van der Waals surface area contributed by atoms with Gasteiger partial charge in [0.1, 0.15) is 0 Å². The predicted octanol–water partition coefficient (Wildman–Crippen LogP) is 11.9. The molecule has 11 nitrogen and oxygen atoms in total. The summed E-state index contributed by atoms with van der Waals surface area (Å²) in [6.07, 6.45) is 0. The Balaban J connectivity index is 0.00000316. The van der Waals surface area contributed by atoms with Gasteiger partial charge in [0.25, 0.3) is 5.78 Å². The van der Waals surface area contributed by atoms with Gasteiger partial charge in [0.15, 0.2) is 0 Å². The van der Waals surface area contributed by atoms with Crippen LogP contribution < -0.4 is 0 Å². The minimum Gasteiger partial charge on any atom is -0.285 e. The van der Waals surface area contributed by atoms with E-state index in [0.29, 0.717) is 22.3 Å². The van der Waals surface area contributed by atoms with Crippen LogP contribution in [0.3, 0.4) is 0 Å². The maximum absolute atomic E-state index is 15.1. The van der Waals surface area contributed by atoms with E-state index in [1.165, 1.54) is 0 Å². The summed E-state index contributed by atoms with van der Waals surface area (Å²) in [7, 11) is 0. The molecule has 0 aliphatic rings. The van der Waals surface area contributed by atoms with E-state index in [1.807, 2.05) is 135 Å². The summed E-state index contributed by atoms with van der Waals surface area (Å²) in [4.78, 5) is 101. The van der Waals surface area contributed by atoms with Crippen molar-refractivity contribution in [1.82, 2.24) is 29.9 Å². The van der Waals surface area contributed by atoms with Crippen LogP contribution in [0, 0.1) is 0 Å². The number of carbonyl (C=O) groups excluding carboxylic acids is 5.